The molecule has 3 aromatic carbocycles. The van der Waals surface area contributed by atoms with Gasteiger partial charge >= 0.3 is 0 Å². The molecule has 2 heterocycles. The lowest BCUT2D eigenvalue weighted by molar-refractivity contribution is 0.474. The predicted molar refractivity (Wildman–Crippen MR) is 149 cm³/mol. The Hall–Kier alpha value is -2.77. The third kappa shape index (κ3) is 3.93. The van der Waals surface area contributed by atoms with Crippen molar-refractivity contribution >= 4 is 58.1 Å². The number of halogens is 2. The number of rotatable bonds is 3. The van der Waals surface area contributed by atoms with E-state index < -0.39 is 0 Å². The number of fused-ring (bicyclic) bond motifs is 3. The molecule has 2 aliphatic rings. The molecule has 6 rings (SSSR count). The first-order chi connectivity index (χ1) is 17.4. The monoisotopic (exact) mass is 550 g/mol. The summed E-state index contributed by atoms with van der Waals surface area (Å²) >= 11 is 15.3. The van der Waals surface area contributed by atoms with Gasteiger partial charge in [0.2, 0.25) is 0 Å². The number of aromatic nitrogens is 1. The van der Waals surface area contributed by atoms with Crippen molar-refractivity contribution in [3.63, 3.8) is 0 Å². The second kappa shape index (κ2) is 9.27. The lowest BCUT2D eigenvalue weighted by Crippen LogP contribution is -2.38. The van der Waals surface area contributed by atoms with Crippen molar-refractivity contribution in [1.29, 1.82) is 0 Å². The highest BCUT2D eigenvalue weighted by atomic mass is 35.5. The highest BCUT2D eigenvalue weighted by Gasteiger charge is 2.32. The zero-order valence-corrected chi connectivity index (χ0v) is 22.3. The molecule has 8 heteroatoms. The van der Waals surface area contributed by atoms with Gasteiger partial charge in [0.15, 0.2) is 4.80 Å². The second-order valence-electron chi connectivity index (χ2n) is 8.71. The summed E-state index contributed by atoms with van der Waals surface area (Å²) in [6.07, 6.45) is 5.43. The molecule has 180 valence electrons. The van der Waals surface area contributed by atoms with E-state index in [4.69, 9.17) is 28.2 Å². The number of phenols is 1. The molecule has 1 unspecified atom stereocenters. The Morgan fingerprint density at radius 1 is 1.11 bits per heavy atom. The van der Waals surface area contributed by atoms with Crippen LogP contribution in [0.3, 0.4) is 0 Å². The molecule has 4 aromatic rings. The molecule has 0 saturated carbocycles. The minimum Gasteiger partial charge on any atom is -0.506 e. The summed E-state index contributed by atoms with van der Waals surface area (Å²) in [6, 6.07) is 19.6. The second-order valence-corrected chi connectivity index (χ2v) is 11.4. The first kappa shape index (κ1) is 23.6. The van der Waals surface area contributed by atoms with Crippen LogP contribution in [0.2, 0.25) is 10.0 Å². The maximum absolute atomic E-state index is 13.8. The van der Waals surface area contributed by atoms with Gasteiger partial charge in [-0.3, -0.25) is 9.36 Å². The fourth-order valence-electron chi connectivity index (χ4n) is 4.95. The number of phenolic OH excluding ortho intramolecular Hbond substituents is 1. The summed E-state index contributed by atoms with van der Waals surface area (Å²) in [4.78, 5) is 20.7. The molecule has 1 atom stereocenters. The van der Waals surface area contributed by atoms with Crippen molar-refractivity contribution in [2.75, 3.05) is 6.26 Å². The van der Waals surface area contributed by atoms with Crippen LogP contribution in [0.1, 0.15) is 34.7 Å². The Labute approximate surface area is 225 Å². The van der Waals surface area contributed by atoms with Gasteiger partial charge in [0, 0.05) is 21.0 Å². The van der Waals surface area contributed by atoms with Crippen molar-refractivity contribution in [2.24, 2.45) is 4.99 Å². The van der Waals surface area contributed by atoms with E-state index in [2.05, 4.69) is 42.5 Å². The minimum absolute atomic E-state index is 0.107. The number of hydrogen-bond donors (Lipinski definition) is 1. The Morgan fingerprint density at radius 3 is 2.67 bits per heavy atom. The molecular formula is C28H20Cl2N2O2S2. The molecule has 1 N–H and O–H groups in total. The van der Waals surface area contributed by atoms with E-state index in [0.717, 1.165) is 35.2 Å². The number of aryl methyl sites for hydroxylation is 1. The third-order valence-corrected chi connectivity index (χ3v) is 8.88. The van der Waals surface area contributed by atoms with E-state index >= 15 is 0 Å². The number of aromatic hydroxyl groups is 1. The zero-order chi connectivity index (χ0) is 25.0. The Balaban J connectivity index is 1.62. The number of nitrogens with zero attached hydrogens (tertiary/aromatic N) is 2. The lowest BCUT2D eigenvalue weighted by atomic mass is 9.83. The van der Waals surface area contributed by atoms with Gasteiger partial charge in [-0.25, -0.2) is 4.99 Å². The van der Waals surface area contributed by atoms with Crippen LogP contribution in [0.4, 0.5) is 0 Å². The van der Waals surface area contributed by atoms with Crippen LogP contribution in [0, 0.1) is 0 Å². The first-order valence-electron chi connectivity index (χ1n) is 11.4. The predicted octanol–water partition coefficient (Wildman–Crippen LogP) is 6.05. The standard InChI is InChI=1S/C28H20Cl2N2O2S2/c1-35-19-9-6-16(7-10-19)25-21-11-8-15-4-2-3-5-20(15)24(21)31-28-32(25)27(34)23(36-28)13-17-12-18(29)14-22(30)26(17)33/h2-7,9-10,12-14,25,33H,8,11H2,1H3. The van der Waals surface area contributed by atoms with Crippen molar-refractivity contribution in [1.82, 2.24) is 4.57 Å². The number of benzene rings is 3. The maximum atomic E-state index is 13.8. The average molecular weight is 552 g/mol. The minimum atomic E-state index is -0.251. The summed E-state index contributed by atoms with van der Waals surface area (Å²) in [5.74, 6) is -0.107. The van der Waals surface area contributed by atoms with E-state index in [0.29, 0.717) is 19.9 Å². The molecule has 0 spiro atoms. The lowest BCUT2D eigenvalue weighted by Gasteiger charge is -2.30. The first-order valence-corrected chi connectivity index (χ1v) is 14.2. The van der Waals surface area contributed by atoms with E-state index in [1.807, 2.05) is 12.3 Å². The Morgan fingerprint density at radius 2 is 1.89 bits per heavy atom. The van der Waals surface area contributed by atoms with Gasteiger partial charge in [0.1, 0.15) is 5.75 Å². The fraction of sp³-hybridized carbons (Fsp3) is 0.143. The molecule has 1 aromatic heterocycles. The fourth-order valence-corrected chi connectivity index (χ4v) is 6.85. The molecule has 0 saturated heterocycles. The summed E-state index contributed by atoms with van der Waals surface area (Å²) in [5, 5.41) is 11.0. The van der Waals surface area contributed by atoms with E-state index in [1.54, 1.807) is 28.5 Å². The molecule has 4 nitrogen and oxygen atoms in total. The van der Waals surface area contributed by atoms with Crippen molar-refractivity contribution in [3.8, 4) is 5.75 Å². The quantitative estimate of drug-likeness (QED) is 0.316. The smallest absolute Gasteiger partial charge is 0.271 e. The van der Waals surface area contributed by atoms with Gasteiger partial charge in [-0.15, -0.1) is 11.8 Å². The van der Waals surface area contributed by atoms with E-state index in [1.165, 1.54) is 27.9 Å². The maximum Gasteiger partial charge on any atom is 0.271 e. The summed E-state index contributed by atoms with van der Waals surface area (Å²) in [6.45, 7) is 0. The number of thiazole rings is 1. The van der Waals surface area contributed by atoms with E-state index in [9.17, 15) is 9.90 Å². The molecule has 0 amide bonds. The summed E-state index contributed by atoms with van der Waals surface area (Å²) < 4.78 is 2.25. The molecule has 0 fully saturated rings. The highest BCUT2D eigenvalue weighted by molar-refractivity contribution is 7.98. The van der Waals surface area contributed by atoms with E-state index in [-0.39, 0.29) is 22.4 Å². The largest absolute Gasteiger partial charge is 0.506 e. The topological polar surface area (TPSA) is 54.6 Å². The van der Waals surface area contributed by atoms with Crippen LogP contribution >= 0.6 is 46.3 Å². The van der Waals surface area contributed by atoms with Gasteiger partial charge in [-0.1, -0.05) is 70.9 Å². The molecule has 0 radical (unpaired) electrons. The summed E-state index contributed by atoms with van der Waals surface area (Å²) in [5.41, 5.74) is 5.80. The Bertz CT molecular complexity index is 1740. The number of allylic oxidation sites excluding steroid dienone is 1. The van der Waals surface area contributed by atoms with Crippen LogP contribution < -0.4 is 14.9 Å². The molecule has 36 heavy (non-hydrogen) atoms. The van der Waals surface area contributed by atoms with Gasteiger partial charge in [0.05, 0.1) is 21.3 Å². The molecule has 0 bridgehead atoms. The van der Waals surface area contributed by atoms with Crippen LogP contribution in [0.25, 0.3) is 11.8 Å². The zero-order valence-electron chi connectivity index (χ0n) is 19.2. The Kier molecular flexibility index (Phi) is 6.08. The van der Waals surface area contributed by atoms with Crippen molar-refractivity contribution in [3.05, 3.63) is 118 Å². The highest BCUT2D eigenvalue weighted by Crippen LogP contribution is 2.41. The average Bonchev–Trinajstić information content (AvgIpc) is 3.20. The van der Waals surface area contributed by atoms with Gasteiger partial charge in [0.25, 0.3) is 5.56 Å². The molecule has 1 aliphatic carbocycles. The van der Waals surface area contributed by atoms with Crippen LogP contribution in [-0.2, 0) is 6.42 Å². The molecule has 1 aliphatic heterocycles. The van der Waals surface area contributed by atoms with Gasteiger partial charge in [-0.2, -0.15) is 0 Å². The summed E-state index contributed by atoms with van der Waals surface area (Å²) in [7, 11) is 0. The van der Waals surface area contributed by atoms with Crippen LogP contribution in [0.15, 0.2) is 80.9 Å². The van der Waals surface area contributed by atoms with Crippen LogP contribution in [0.5, 0.6) is 5.75 Å². The van der Waals surface area contributed by atoms with Crippen molar-refractivity contribution in [2.45, 2.75) is 23.8 Å². The van der Waals surface area contributed by atoms with Crippen molar-refractivity contribution < 1.29 is 5.11 Å². The molecular weight excluding hydrogens is 531 g/mol. The normalized spacial score (nSPS) is 16.9. The number of hydrogen-bond acceptors (Lipinski definition) is 5. The van der Waals surface area contributed by atoms with Crippen LogP contribution in [-0.4, -0.2) is 15.9 Å². The number of thioether (sulfide) groups is 1. The van der Waals surface area contributed by atoms with Gasteiger partial charge < -0.3 is 5.11 Å². The van der Waals surface area contributed by atoms with Gasteiger partial charge in [-0.05, 0) is 66.1 Å². The SMILES string of the molecule is CSc1ccc(C2C3=C(N=c4sc(=Cc5cc(Cl)cc(Cl)c5O)c(=O)n42)c2ccccc2CC3)cc1. The third-order valence-electron chi connectivity index (χ3n) is 6.65.